The molecule has 13 heteroatoms. The van der Waals surface area contributed by atoms with Gasteiger partial charge in [-0.1, -0.05) is 17.7 Å². The van der Waals surface area contributed by atoms with Crippen molar-refractivity contribution in [3.05, 3.63) is 58.6 Å². The molecule has 3 amide bonds. The van der Waals surface area contributed by atoms with Crippen molar-refractivity contribution in [2.45, 2.75) is 32.5 Å². The van der Waals surface area contributed by atoms with Crippen LogP contribution in [0.2, 0.25) is 5.02 Å². The van der Waals surface area contributed by atoms with E-state index in [9.17, 15) is 27.6 Å². The fourth-order valence-corrected chi connectivity index (χ4v) is 2.93. The summed E-state index contributed by atoms with van der Waals surface area (Å²) in [6.07, 6.45) is -2.79. The zero-order chi connectivity index (χ0) is 27.4. The summed E-state index contributed by atoms with van der Waals surface area (Å²) in [5.74, 6) is -2.43. The number of hydrazone groups is 1. The Morgan fingerprint density at radius 2 is 1.86 bits per heavy atom. The molecule has 0 saturated heterocycles. The Labute approximate surface area is 216 Å². The van der Waals surface area contributed by atoms with E-state index in [1.54, 1.807) is 0 Å². The predicted molar refractivity (Wildman–Crippen MR) is 131 cm³/mol. The Bertz CT molecular complexity index is 1130. The van der Waals surface area contributed by atoms with Gasteiger partial charge < -0.3 is 20.1 Å². The van der Waals surface area contributed by atoms with Crippen LogP contribution in [-0.2, 0) is 25.3 Å². The van der Waals surface area contributed by atoms with Crippen molar-refractivity contribution in [3.8, 4) is 5.75 Å². The molecule has 0 aliphatic rings. The first kappa shape index (κ1) is 29.6. The summed E-state index contributed by atoms with van der Waals surface area (Å²) in [6, 6.07) is 8.52. The van der Waals surface area contributed by atoms with Gasteiger partial charge in [0.05, 0.1) is 17.9 Å². The van der Waals surface area contributed by atoms with Gasteiger partial charge in [0.1, 0.15) is 5.75 Å². The second kappa shape index (κ2) is 14.2. The molecule has 37 heavy (non-hydrogen) atoms. The average Bonchev–Trinajstić information content (AvgIpc) is 2.82. The smallest absolute Gasteiger partial charge is 0.416 e. The van der Waals surface area contributed by atoms with Gasteiger partial charge in [0, 0.05) is 29.4 Å². The number of hydrogen-bond donors (Lipinski definition) is 3. The van der Waals surface area contributed by atoms with Crippen molar-refractivity contribution < 1.29 is 37.0 Å². The summed E-state index contributed by atoms with van der Waals surface area (Å²) in [4.78, 5) is 35.9. The van der Waals surface area contributed by atoms with Crippen LogP contribution in [0.25, 0.3) is 0 Å². The van der Waals surface area contributed by atoms with Gasteiger partial charge in [-0.2, -0.15) is 18.3 Å². The summed E-state index contributed by atoms with van der Waals surface area (Å²) in [5, 5.41) is 8.76. The minimum Gasteiger partial charge on any atom is -0.483 e. The zero-order valence-corrected chi connectivity index (χ0v) is 20.8. The van der Waals surface area contributed by atoms with E-state index >= 15 is 0 Å². The standard InChI is InChI=1S/C24H26ClF3N4O5/c1-15(2)36-10-4-9-29-22(34)23(35)32-30-13-16-11-18(25)7-8-20(16)37-14-21(33)31-19-6-3-5-17(12-19)24(26,27)28/h3,5-8,11-13,15H,4,9-10,14H2,1-2H3,(H,29,34)(H,31,33)(H,32,35)/b30-13-. The Kier molecular flexibility index (Phi) is 11.3. The van der Waals surface area contributed by atoms with Crippen molar-refractivity contribution in [3.63, 3.8) is 0 Å². The van der Waals surface area contributed by atoms with Crippen LogP contribution in [0.15, 0.2) is 47.6 Å². The lowest BCUT2D eigenvalue weighted by molar-refractivity contribution is -0.139. The maximum Gasteiger partial charge on any atom is 0.416 e. The van der Waals surface area contributed by atoms with Crippen LogP contribution in [-0.4, -0.2) is 49.8 Å². The maximum absolute atomic E-state index is 12.8. The van der Waals surface area contributed by atoms with E-state index in [1.165, 1.54) is 30.3 Å². The second-order valence-corrected chi connectivity index (χ2v) is 8.26. The number of anilines is 1. The van der Waals surface area contributed by atoms with Gasteiger partial charge in [0.25, 0.3) is 5.91 Å². The van der Waals surface area contributed by atoms with E-state index in [1.807, 2.05) is 13.8 Å². The third kappa shape index (κ3) is 10.9. The molecule has 0 aliphatic heterocycles. The molecule has 0 radical (unpaired) electrons. The van der Waals surface area contributed by atoms with Crippen molar-refractivity contribution in [1.82, 2.24) is 10.7 Å². The highest BCUT2D eigenvalue weighted by Gasteiger charge is 2.30. The summed E-state index contributed by atoms with van der Waals surface area (Å²) in [5.41, 5.74) is 1.39. The van der Waals surface area contributed by atoms with Crippen LogP contribution in [0.5, 0.6) is 5.75 Å². The molecule has 9 nitrogen and oxygen atoms in total. The van der Waals surface area contributed by atoms with Gasteiger partial charge in [0.15, 0.2) is 6.61 Å². The first-order valence-corrected chi connectivity index (χ1v) is 11.5. The van der Waals surface area contributed by atoms with E-state index in [0.717, 1.165) is 18.3 Å². The highest BCUT2D eigenvalue weighted by atomic mass is 35.5. The van der Waals surface area contributed by atoms with Gasteiger partial charge in [-0.3, -0.25) is 14.4 Å². The Balaban J connectivity index is 1.89. The molecule has 200 valence electrons. The number of amides is 3. The first-order valence-electron chi connectivity index (χ1n) is 11.1. The van der Waals surface area contributed by atoms with Crippen LogP contribution in [0.3, 0.4) is 0 Å². The highest BCUT2D eigenvalue weighted by Crippen LogP contribution is 2.30. The van der Waals surface area contributed by atoms with Crippen LogP contribution >= 0.6 is 11.6 Å². The zero-order valence-electron chi connectivity index (χ0n) is 20.0. The Hall–Kier alpha value is -3.64. The lowest BCUT2D eigenvalue weighted by atomic mass is 10.2. The number of carbonyl (C=O) groups is 3. The number of nitrogens with one attached hydrogen (secondary N) is 3. The van der Waals surface area contributed by atoms with Crippen LogP contribution in [0, 0.1) is 0 Å². The SMILES string of the molecule is CC(C)OCCCNC(=O)C(=O)N/N=C\c1cc(Cl)ccc1OCC(=O)Nc1cccc(C(F)(F)F)c1. The van der Waals surface area contributed by atoms with Crippen LogP contribution < -0.4 is 20.8 Å². The van der Waals surface area contributed by atoms with Gasteiger partial charge >= 0.3 is 18.0 Å². The molecule has 2 rings (SSSR count). The quantitative estimate of drug-likeness (QED) is 0.173. The summed E-state index contributed by atoms with van der Waals surface area (Å²) in [6.45, 7) is 3.92. The molecule has 3 N–H and O–H groups in total. The molecule has 0 spiro atoms. The number of ether oxygens (including phenoxy) is 2. The fourth-order valence-electron chi connectivity index (χ4n) is 2.75. The molecule has 0 aromatic heterocycles. The monoisotopic (exact) mass is 542 g/mol. The molecule has 2 aromatic rings. The third-order valence-electron chi connectivity index (χ3n) is 4.44. The number of rotatable bonds is 11. The molecular formula is C24H26ClF3N4O5. The lowest BCUT2D eigenvalue weighted by Crippen LogP contribution is -2.38. The first-order chi connectivity index (χ1) is 17.5. The molecule has 0 atom stereocenters. The minimum absolute atomic E-state index is 0.0465. The summed E-state index contributed by atoms with van der Waals surface area (Å²) >= 11 is 5.98. The van der Waals surface area contributed by atoms with Gasteiger partial charge in [-0.05, 0) is 56.7 Å². The molecule has 0 heterocycles. The van der Waals surface area contributed by atoms with Gasteiger partial charge in [0.2, 0.25) is 0 Å². The Morgan fingerprint density at radius 1 is 1.11 bits per heavy atom. The third-order valence-corrected chi connectivity index (χ3v) is 4.67. The second-order valence-electron chi connectivity index (χ2n) is 7.83. The molecular weight excluding hydrogens is 517 g/mol. The van der Waals surface area contributed by atoms with E-state index in [4.69, 9.17) is 21.1 Å². The van der Waals surface area contributed by atoms with Crippen LogP contribution in [0.1, 0.15) is 31.4 Å². The molecule has 0 bridgehead atoms. The molecule has 0 unspecified atom stereocenters. The normalized spacial score (nSPS) is 11.4. The molecule has 0 saturated carbocycles. The number of hydrogen-bond acceptors (Lipinski definition) is 6. The number of halogens is 4. The van der Waals surface area contributed by atoms with E-state index in [0.29, 0.717) is 18.1 Å². The van der Waals surface area contributed by atoms with Crippen molar-refractivity contribution in [1.29, 1.82) is 0 Å². The number of nitrogens with zero attached hydrogens (tertiary/aromatic N) is 1. The van der Waals surface area contributed by atoms with Gasteiger partial charge in [-0.25, -0.2) is 5.43 Å². The number of carbonyl (C=O) groups excluding carboxylic acids is 3. The van der Waals surface area contributed by atoms with E-state index in [2.05, 4.69) is 21.2 Å². The average molecular weight is 543 g/mol. The lowest BCUT2D eigenvalue weighted by Gasteiger charge is -2.11. The summed E-state index contributed by atoms with van der Waals surface area (Å²) in [7, 11) is 0. The summed E-state index contributed by atoms with van der Waals surface area (Å²) < 4.78 is 49.3. The molecule has 2 aromatic carbocycles. The van der Waals surface area contributed by atoms with Gasteiger partial charge in [-0.15, -0.1) is 0 Å². The van der Waals surface area contributed by atoms with Crippen molar-refractivity contribution >= 4 is 41.2 Å². The van der Waals surface area contributed by atoms with E-state index < -0.39 is 36.1 Å². The topological polar surface area (TPSA) is 118 Å². The Morgan fingerprint density at radius 3 is 2.57 bits per heavy atom. The molecule has 0 fully saturated rings. The van der Waals surface area contributed by atoms with E-state index in [-0.39, 0.29) is 29.6 Å². The highest BCUT2D eigenvalue weighted by molar-refractivity contribution is 6.35. The van der Waals surface area contributed by atoms with Crippen molar-refractivity contribution in [2.75, 3.05) is 25.1 Å². The van der Waals surface area contributed by atoms with Crippen LogP contribution in [0.4, 0.5) is 18.9 Å². The largest absolute Gasteiger partial charge is 0.483 e. The van der Waals surface area contributed by atoms with Crippen molar-refractivity contribution in [2.24, 2.45) is 5.10 Å². The predicted octanol–water partition coefficient (Wildman–Crippen LogP) is 3.76. The number of benzene rings is 2. The fraction of sp³-hybridized carbons (Fsp3) is 0.333. The maximum atomic E-state index is 12.8. The number of alkyl halides is 3. The minimum atomic E-state index is -4.55. The molecule has 0 aliphatic carbocycles.